The fourth-order valence-electron chi connectivity index (χ4n) is 1.66. The summed E-state index contributed by atoms with van der Waals surface area (Å²) in [5.41, 5.74) is 0.929. The average molecular weight is 343 g/mol. The van der Waals surface area contributed by atoms with E-state index >= 15 is 0 Å². The third-order valence-electron chi connectivity index (χ3n) is 2.64. The Labute approximate surface area is 120 Å². The molecular weight excluding hydrogens is 330 g/mol. The SMILES string of the molecule is CC[PH](=O)c1ccncc1Nc1ccc(Br)cc1F. The van der Waals surface area contributed by atoms with Crippen molar-refractivity contribution in [1.29, 1.82) is 0 Å². The van der Waals surface area contributed by atoms with Crippen LogP contribution in [-0.2, 0) is 4.57 Å². The van der Waals surface area contributed by atoms with E-state index in [1.165, 1.54) is 6.07 Å². The van der Waals surface area contributed by atoms with Crippen molar-refractivity contribution in [3.63, 3.8) is 0 Å². The number of nitrogens with zero attached hydrogens (tertiary/aromatic N) is 1. The van der Waals surface area contributed by atoms with Crippen LogP contribution in [0, 0.1) is 5.82 Å². The number of anilines is 2. The molecule has 0 fully saturated rings. The number of aromatic nitrogens is 1. The average Bonchev–Trinajstić information content (AvgIpc) is 2.41. The van der Waals surface area contributed by atoms with Gasteiger partial charge in [-0.1, -0.05) is 22.9 Å². The summed E-state index contributed by atoms with van der Waals surface area (Å²) >= 11 is 3.21. The van der Waals surface area contributed by atoms with Gasteiger partial charge in [0, 0.05) is 16.0 Å². The molecule has 3 nitrogen and oxygen atoms in total. The summed E-state index contributed by atoms with van der Waals surface area (Å²) in [5, 5.41) is 3.65. The van der Waals surface area contributed by atoms with Crippen molar-refractivity contribution in [2.45, 2.75) is 6.92 Å². The predicted octanol–water partition coefficient (Wildman–Crippen LogP) is 3.93. The lowest BCUT2D eigenvalue weighted by molar-refractivity contribution is 0.594. The van der Waals surface area contributed by atoms with Crippen LogP contribution >= 0.6 is 23.7 Å². The van der Waals surface area contributed by atoms with E-state index in [0.29, 0.717) is 27.3 Å². The van der Waals surface area contributed by atoms with Crippen LogP contribution < -0.4 is 10.6 Å². The first kappa shape index (κ1) is 14.2. The van der Waals surface area contributed by atoms with Crippen molar-refractivity contribution in [2.24, 2.45) is 0 Å². The number of nitrogens with one attached hydrogen (secondary N) is 1. The lowest BCUT2D eigenvalue weighted by Gasteiger charge is -2.11. The third-order valence-corrected chi connectivity index (χ3v) is 4.82. The molecule has 0 aliphatic rings. The van der Waals surface area contributed by atoms with E-state index in [2.05, 4.69) is 26.2 Å². The standard InChI is InChI=1S/C13H13BrFN2OP/c1-2-19(18)13-5-6-16-8-12(13)17-11-4-3-9(14)7-10(11)15/h3-8,17,19H,2H2,1H3. The Balaban J connectivity index is 2.35. The highest BCUT2D eigenvalue weighted by Gasteiger charge is 2.10. The van der Waals surface area contributed by atoms with Gasteiger partial charge in [-0.15, -0.1) is 0 Å². The molecule has 1 N–H and O–H groups in total. The van der Waals surface area contributed by atoms with Gasteiger partial charge in [0.05, 0.1) is 17.6 Å². The Morgan fingerprint density at radius 3 is 2.84 bits per heavy atom. The van der Waals surface area contributed by atoms with Crippen LogP contribution in [-0.4, -0.2) is 11.1 Å². The zero-order valence-corrected chi connectivity index (χ0v) is 12.9. The van der Waals surface area contributed by atoms with Crippen molar-refractivity contribution < 1.29 is 8.96 Å². The van der Waals surface area contributed by atoms with Crippen LogP contribution in [0.4, 0.5) is 15.8 Å². The van der Waals surface area contributed by atoms with Crippen molar-refractivity contribution in [2.75, 3.05) is 11.5 Å². The highest BCUT2D eigenvalue weighted by atomic mass is 79.9. The molecule has 100 valence electrons. The highest BCUT2D eigenvalue weighted by Crippen LogP contribution is 2.27. The van der Waals surface area contributed by atoms with Crippen LogP contribution in [0.25, 0.3) is 0 Å². The molecule has 1 aromatic heterocycles. The number of rotatable bonds is 4. The third kappa shape index (κ3) is 3.43. The Morgan fingerprint density at radius 1 is 1.37 bits per heavy atom. The van der Waals surface area contributed by atoms with Crippen LogP contribution in [0.15, 0.2) is 41.1 Å². The lowest BCUT2D eigenvalue weighted by Crippen LogP contribution is -2.07. The predicted molar refractivity (Wildman–Crippen MR) is 80.8 cm³/mol. The smallest absolute Gasteiger partial charge is 0.147 e. The summed E-state index contributed by atoms with van der Waals surface area (Å²) in [7, 11) is -1.86. The first-order chi connectivity index (χ1) is 9.11. The second-order valence-electron chi connectivity index (χ2n) is 3.95. The molecule has 2 rings (SSSR count). The van der Waals surface area contributed by atoms with Gasteiger partial charge in [-0.25, -0.2) is 4.39 Å². The fourth-order valence-corrected chi connectivity index (χ4v) is 3.07. The maximum atomic E-state index is 13.8. The lowest BCUT2D eigenvalue weighted by atomic mass is 10.3. The molecule has 1 atom stereocenters. The van der Waals surface area contributed by atoms with Gasteiger partial charge in [0.15, 0.2) is 0 Å². The normalized spacial score (nSPS) is 12.2. The van der Waals surface area contributed by atoms with Crippen molar-refractivity contribution in [1.82, 2.24) is 4.98 Å². The van der Waals surface area contributed by atoms with Gasteiger partial charge in [-0.2, -0.15) is 0 Å². The van der Waals surface area contributed by atoms with E-state index in [0.717, 1.165) is 0 Å². The van der Waals surface area contributed by atoms with E-state index < -0.39 is 7.80 Å². The van der Waals surface area contributed by atoms with E-state index in [-0.39, 0.29) is 5.82 Å². The quantitative estimate of drug-likeness (QED) is 0.856. The molecule has 19 heavy (non-hydrogen) atoms. The summed E-state index contributed by atoms with van der Waals surface area (Å²) in [4.78, 5) is 3.99. The Bertz CT molecular complexity index is 621. The Morgan fingerprint density at radius 2 is 2.16 bits per heavy atom. The van der Waals surface area contributed by atoms with E-state index in [1.54, 1.807) is 30.6 Å². The molecule has 0 aliphatic carbocycles. The first-order valence-electron chi connectivity index (χ1n) is 5.81. The monoisotopic (exact) mass is 342 g/mol. The van der Waals surface area contributed by atoms with E-state index in [4.69, 9.17) is 0 Å². The zero-order valence-electron chi connectivity index (χ0n) is 10.3. The number of benzene rings is 1. The van der Waals surface area contributed by atoms with Crippen LogP contribution in [0.5, 0.6) is 0 Å². The Hall–Kier alpha value is -1.19. The summed E-state index contributed by atoms with van der Waals surface area (Å²) in [5.74, 6) is -0.375. The van der Waals surface area contributed by atoms with Crippen molar-refractivity contribution in [3.05, 3.63) is 46.9 Å². The molecule has 0 amide bonds. The van der Waals surface area contributed by atoms with Gasteiger partial charge in [0.25, 0.3) is 0 Å². The van der Waals surface area contributed by atoms with Gasteiger partial charge in [0.1, 0.15) is 13.6 Å². The van der Waals surface area contributed by atoms with E-state index in [1.807, 2.05) is 6.92 Å². The second kappa shape index (κ2) is 6.31. The van der Waals surface area contributed by atoms with Gasteiger partial charge in [-0.3, -0.25) is 4.98 Å². The van der Waals surface area contributed by atoms with Crippen molar-refractivity contribution in [3.8, 4) is 0 Å². The number of hydrogen-bond acceptors (Lipinski definition) is 3. The van der Waals surface area contributed by atoms with Gasteiger partial charge in [-0.05, 0) is 30.4 Å². The molecule has 0 aliphatic heterocycles. The molecule has 2 aromatic rings. The molecule has 1 aromatic carbocycles. The fraction of sp³-hybridized carbons (Fsp3) is 0.154. The molecule has 6 heteroatoms. The summed E-state index contributed by atoms with van der Waals surface area (Å²) in [6.45, 7) is 1.87. The number of halogens is 2. The largest absolute Gasteiger partial charge is 0.351 e. The molecule has 0 bridgehead atoms. The molecule has 1 unspecified atom stereocenters. The van der Waals surface area contributed by atoms with Crippen LogP contribution in [0.1, 0.15) is 6.92 Å². The number of pyridine rings is 1. The minimum atomic E-state index is -1.86. The maximum Gasteiger partial charge on any atom is 0.147 e. The minimum absolute atomic E-state index is 0.336. The first-order valence-corrected chi connectivity index (χ1v) is 8.22. The van der Waals surface area contributed by atoms with Crippen molar-refractivity contribution >= 4 is 40.4 Å². The zero-order chi connectivity index (χ0) is 13.8. The molecule has 0 saturated carbocycles. The molecule has 0 saturated heterocycles. The maximum absolute atomic E-state index is 13.8. The van der Waals surface area contributed by atoms with Crippen LogP contribution in [0.3, 0.4) is 0 Å². The summed E-state index contributed by atoms with van der Waals surface area (Å²) in [6, 6.07) is 6.45. The topological polar surface area (TPSA) is 42.0 Å². The Kier molecular flexibility index (Phi) is 4.72. The summed E-state index contributed by atoms with van der Waals surface area (Å²) in [6.07, 6.45) is 3.73. The van der Waals surface area contributed by atoms with Gasteiger partial charge in [0.2, 0.25) is 0 Å². The van der Waals surface area contributed by atoms with E-state index in [9.17, 15) is 8.96 Å². The molecular formula is C13H13BrFN2OP. The summed E-state index contributed by atoms with van der Waals surface area (Å²) < 4.78 is 26.4. The molecule has 1 heterocycles. The van der Waals surface area contributed by atoms with Gasteiger partial charge >= 0.3 is 0 Å². The minimum Gasteiger partial charge on any atom is -0.351 e. The molecule has 0 radical (unpaired) electrons. The number of hydrogen-bond donors (Lipinski definition) is 1. The van der Waals surface area contributed by atoms with Crippen LogP contribution in [0.2, 0.25) is 0 Å². The second-order valence-corrected chi connectivity index (χ2v) is 6.95. The highest BCUT2D eigenvalue weighted by molar-refractivity contribution is 9.10. The van der Waals surface area contributed by atoms with Gasteiger partial charge < -0.3 is 9.88 Å². The molecule has 0 spiro atoms.